The van der Waals surface area contributed by atoms with Crippen LogP contribution in [-0.4, -0.2) is 20.4 Å². The first-order chi connectivity index (χ1) is 10.3. The number of halogens is 1. The number of para-hydroxylation sites is 1. The van der Waals surface area contributed by atoms with Gasteiger partial charge in [0.15, 0.2) is 0 Å². The van der Waals surface area contributed by atoms with E-state index in [9.17, 15) is 18.5 Å². The number of nitro benzene ring substituents is 1. The molecule has 22 heavy (non-hydrogen) atoms. The fraction of sp³-hybridized carbons (Fsp3) is 0.143. The van der Waals surface area contributed by atoms with E-state index in [4.69, 9.17) is 11.6 Å². The lowest BCUT2D eigenvalue weighted by Crippen LogP contribution is -2.28. The normalized spacial score (nSPS) is 11.2. The van der Waals surface area contributed by atoms with Crippen molar-refractivity contribution in [1.29, 1.82) is 0 Å². The van der Waals surface area contributed by atoms with E-state index in [2.05, 4.69) is 0 Å². The second-order valence-corrected chi connectivity index (χ2v) is 7.02. The minimum absolute atomic E-state index is 0.147. The molecule has 116 valence electrons. The van der Waals surface area contributed by atoms with E-state index in [0.717, 1.165) is 4.31 Å². The predicted molar refractivity (Wildman–Crippen MR) is 85.6 cm³/mol. The van der Waals surface area contributed by atoms with Crippen molar-refractivity contribution in [2.45, 2.75) is 5.75 Å². The summed E-state index contributed by atoms with van der Waals surface area (Å²) in [6, 6.07) is 12.1. The predicted octanol–water partition coefficient (Wildman–Crippen LogP) is 3.21. The highest BCUT2D eigenvalue weighted by Crippen LogP contribution is 2.24. The molecule has 0 saturated heterocycles. The molecule has 2 aromatic carbocycles. The molecule has 0 atom stereocenters. The van der Waals surface area contributed by atoms with Crippen LogP contribution in [0.15, 0.2) is 48.5 Å². The van der Waals surface area contributed by atoms with E-state index in [1.54, 1.807) is 30.3 Å². The highest BCUT2D eigenvalue weighted by Gasteiger charge is 2.23. The van der Waals surface area contributed by atoms with Crippen molar-refractivity contribution < 1.29 is 13.3 Å². The molecule has 0 saturated carbocycles. The van der Waals surface area contributed by atoms with Gasteiger partial charge in [-0.05, 0) is 24.3 Å². The maximum atomic E-state index is 12.4. The first-order valence-corrected chi connectivity index (χ1v) is 8.24. The molecule has 0 aromatic heterocycles. The summed E-state index contributed by atoms with van der Waals surface area (Å²) in [4.78, 5) is 10.4. The Bertz CT molecular complexity index is 791. The van der Waals surface area contributed by atoms with E-state index in [1.165, 1.54) is 25.2 Å². The summed E-state index contributed by atoms with van der Waals surface area (Å²) in [5.74, 6) is -0.455. The van der Waals surface area contributed by atoms with Crippen LogP contribution in [0, 0.1) is 10.1 Å². The molecule has 0 amide bonds. The highest BCUT2D eigenvalue weighted by molar-refractivity contribution is 7.92. The Kier molecular flexibility index (Phi) is 4.68. The van der Waals surface area contributed by atoms with Gasteiger partial charge in [0.05, 0.1) is 10.6 Å². The lowest BCUT2D eigenvalue weighted by Gasteiger charge is -2.19. The maximum Gasteiger partial charge on any atom is 0.273 e. The van der Waals surface area contributed by atoms with Gasteiger partial charge in [0.2, 0.25) is 10.0 Å². The molecule has 0 N–H and O–H groups in total. The van der Waals surface area contributed by atoms with Crippen LogP contribution >= 0.6 is 11.6 Å². The lowest BCUT2D eigenvalue weighted by molar-refractivity contribution is -0.385. The molecule has 0 aliphatic heterocycles. The first kappa shape index (κ1) is 16.3. The quantitative estimate of drug-likeness (QED) is 0.618. The second kappa shape index (κ2) is 6.33. The molecule has 0 aliphatic rings. The number of nitrogens with zero attached hydrogens (tertiary/aromatic N) is 2. The van der Waals surface area contributed by atoms with Crippen LogP contribution in [0.25, 0.3) is 0 Å². The number of anilines is 1. The Morgan fingerprint density at radius 1 is 1.14 bits per heavy atom. The monoisotopic (exact) mass is 340 g/mol. The third kappa shape index (κ3) is 3.55. The number of benzene rings is 2. The summed E-state index contributed by atoms with van der Waals surface area (Å²) in [6.45, 7) is 0. The van der Waals surface area contributed by atoms with Crippen molar-refractivity contribution in [3.8, 4) is 0 Å². The van der Waals surface area contributed by atoms with Gasteiger partial charge in [-0.25, -0.2) is 8.42 Å². The van der Waals surface area contributed by atoms with E-state index in [-0.39, 0.29) is 11.3 Å². The number of rotatable bonds is 5. The average molecular weight is 341 g/mol. The summed E-state index contributed by atoms with van der Waals surface area (Å²) in [5, 5.41) is 11.5. The van der Waals surface area contributed by atoms with Crippen LogP contribution in [0.4, 0.5) is 11.4 Å². The molecule has 6 nitrogen and oxygen atoms in total. The smallest absolute Gasteiger partial charge is 0.273 e. The Labute approximate surface area is 133 Å². The van der Waals surface area contributed by atoms with Gasteiger partial charge in [-0.15, -0.1) is 0 Å². The number of nitro groups is 1. The molecule has 2 rings (SSSR count). The topological polar surface area (TPSA) is 80.5 Å². The lowest BCUT2D eigenvalue weighted by atomic mass is 10.2. The van der Waals surface area contributed by atoms with Crippen LogP contribution in [0.3, 0.4) is 0 Å². The summed E-state index contributed by atoms with van der Waals surface area (Å²) in [7, 11) is -2.35. The van der Waals surface area contributed by atoms with Crippen molar-refractivity contribution in [1.82, 2.24) is 0 Å². The molecule has 0 heterocycles. The summed E-state index contributed by atoms with van der Waals surface area (Å²) in [6.07, 6.45) is 0. The minimum Gasteiger partial charge on any atom is -0.273 e. The zero-order valence-electron chi connectivity index (χ0n) is 11.6. The maximum absolute atomic E-state index is 12.4. The molecule has 0 spiro atoms. The molecular formula is C14H13ClN2O4S. The molecule has 0 aliphatic carbocycles. The van der Waals surface area contributed by atoms with Gasteiger partial charge >= 0.3 is 0 Å². The molecular weight excluding hydrogens is 328 g/mol. The van der Waals surface area contributed by atoms with Crippen molar-refractivity contribution in [2.24, 2.45) is 0 Å². The van der Waals surface area contributed by atoms with Gasteiger partial charge in [-0.2, -0.15) is 0 Å². The van der Waals surface area contributed by atoms with Crippen LogP contribution in [0.5, 0.6) is 0 Å². The van der Waals surface area contributed by atoms with Gasteiger partial charge in [-0.3, -0.25) is 14.4 Å². The molecule has 2 aromatic rings. The van der Waals surface area contributed by atoms with Gasteiger partial charge in [0.1, 0.15) is 5.75 Å². The van der Waals surface area contributed by atoms with Crippen LogP contribution < -0.4 is 4.31 Å². The van der Waals surface area contributed by atoms with Crippen LogP contribution in [-0.2, 0) is 15.8 Å². The van der Waals surface area contributed by atoms with E-state index >= 15 is 0 Å². The average Bonchev–Trinajstić information content (AvgIpc) is 2.47. The van der Waals surface area contributed by atoms with Gasteiger partial charge in [-0.1, -0.05) is 29.8 Å². The number of sulfonamides is 1. The molecule has 8 heteroatoms. The Balaban J connectivity index is 2.32. The summed E-state index contributed by atoms with van der Waals surface area (Å²) >= 11 is 5.77. The fourth-order valence-corrected chi connectivity index (χ4v) is 3.32. The third-order valence-electron chi connectivity index (χ3n) is 3.13. The van der Waals surface area contributed by atoms with Gasteiger partial charge < -0.3 is 0 Å². The largest absolute Gasteiger partial charge is 0.273 e. The molecule has 0 bridgehead atoms. The highest BCUT2D eigenvalue weighted by atomic mass is 35.5. The van der Waals surface area contributed by atoms with Gasteiger partial charge in [0, 0.05) is 23.7 Å². The molecule has 0 fully saturated rings. The van der Waals surface area contributed by atoms with Crippen molar-refractivity contribution in [3.05, 3.63) is 69.2 Å². The van der Waals surface area contributed by atoms with Crippen molar-refractivity contribution >= 4 is 33.0 Å². The van der Waals surface area contributed by atoms with E-state index in [0.29, 0.717) is 10.7 Å². The van der Waals surface area contributed by atoms with Gasteiger partial charge in [0.25, 0.3) is 5.69 Å². The Hall–Kier alpha value is -2.12. The number of hydrogen-bond acceptors (Lipinski definition) is 4. The van der Waals surface area contributed by atoms with E-state index in [1.807, 2.05) is 0 Å². The number of hydrogen-bond donors (Lipinski definition) is 0. The first-order valence-electron chi connectivity index (χ1n) is 6.26. The molecule has 0 unspecified atom stereocenters. The van der Waals surface area contributed by atoms with Crippen LogP contribution in [0.2, 0.25) is 5.02 Å². The third-order valence-corrected chi connectivity index (χ3v) is 5.11. The minimum atomic E-state index is -3.75. The summed E-state index contributed by atoms with van der Waals surface area (Å²) < 4.78 is 25.9. The van der Waals surface area contributed by atoms with Crippen molar-refractivity contribution in [3.63, 3.8) is 0 Å². The van der Waals surface area contributed by atoms with E-state index < -0.39 is 20.7 Å². The fourth-order valence-electron chi connectivity index (χ4n) is 1.92. The molecule has 0 radical (unpaired) electrons. The Morgan fingerprint density at radius 3 is 2.32 bits per heavy atom. The zero-order chi connectivity index (χ0) is 16.3. The summed E-state index contributed by atoms with van der Waals surface area (Å²) in [5.41, 5.74) is 0.367. The van der Waals surface area contributed by atoms with Crippen LogP contribution in [0.1, 0.15) is 5.56 Å². The van der Waals surface area contributed by atoms with Crippen molar-refractivity contribution in [2.75, 3.05) is 11.4 Å². The SMILES string of the molecule is CN(c1ccc(Cl)cc1)S(=O)(=O)Cc1ccccc1[N+](=O)[O-]. The Morgan fingerprint density at radius 2 is 1.73 bits per heavy atom. The standard InChI is InChI=1S/C14H13ClN2O4S/c1-16(13-8-6-12(15)7-9-13)22(20,21)10-11-4-2-3-5-14(11)17(18)19/h2-9H,10H2,1H3. The second-order valence-electron chi connectivity index (χ2n) is 4.59. The zero-order valence-corrected chi connectivity index (χ0v) is 13.2.